The monoisotopic (exact) mass is 526 g/mol. The third-order valence-electron chi connectivity index (χ3n) is 5.66. The van der Waals surface area contributed by atoms with Gasteiger partial charge in [0.1, 0.15) is 11.4 Å². The summed E-state index contributed by atoms with van der Waals surface area (Å²) in [4.78, 5) is 28.3. The van der Waals surface area contributed by atoms with Crippen LogP contribution in [0.3, 0.4) is 0 Å². The van der Waals surface area contributed by atoms with Crippen molar-refractivity contribution >= 4 is 23.6 Å². The van der Waals surface area contributed by atoms with Crippen LogP contribution in [0.5, 0.6) is 17.2 Å². The molecule has 1 aliphatic heterocycles. The summed E-state index contributed by atoms with van der Waals surface area (Å²) in [5.74, 6) is 0.496. The normalized spacial score (nSPS) is 17.8. The van der Waals surface area contributed by atoms with E-state index in [0.717, 1.165) is 12.1 Å². The number of halogens is 3. The molecule has 0 spiro atoms. The summed E-state index contributed by atoms with van der Waals surface area (Å²) in [5, 5.41) is 2.19. The van der Waals surface area contributed by atoms with E-state index in [9.17, 15) is 22.8 Å². The second kappa shape index (κ2) is 11.3. The number of benzene rings is 2. The second-order valence-electron chi connectivity index (χ2n) is 8.59. The molecule has 0 bridgehead atoms. The molecule has 2 atom stereocenters. The standard InChI is InChI=1S/C25H29F3N2O5S/c1-14(2)12-29-22(31)18-13-36-24(15-6-8-17(9-7-15)25(26,27)28)30(18)23(32)16-10-19(33-3)21(35-5)20(11-16)34-4/h6-11,14,18,24H,12-13H2,1-5H3,(H,29,31). The number of thioether (sulfide) groups is 1. The minimum atomic E-state index is -4.48. The summed E-state index contributed by atoms with van der Waals surface area (Å²) >= 11 is 1.31. The Bertz CT molecular complexity index is 1070. The van der Waals surface area contributed by atoms with Crippen LogP contribution in [0.25, 0.3) is 0 Å². The van der Waals surface area contributed by atoms with Crippen molar-refractivity contribution in [1.29, 1.82) is 0 Å². The van der Waals surface area contributed by atoms with Crippen molar-refractivity contribution in [3.63, 3.8) is 0 Å². The van der Waals surface area contributed by atoms with Crippen LogP contribution in [0.15, 0.2) is 36.4 Å². The van der Waals surface area contributed by atoms with Crippen molar-refractivity contribution in [2.75, 3.05) is 33.6 Å². The van der Waals surface area contributed by atoms with Crippen LogP contribution in [0.1, 0.15) is 40.7 Å². The Morgan fingerprint density at radius 3 is 2.11 bits per heavy atom. The lowest BCUT2D eigenvalue weighted by atomic mass is 10.1. The van der Waals surface area contributed by atoms with Gasteiger partial charge in [-0.3, -0.25) is 9.59 Å². The highest BCUT2D eigenvalue weighted by atomic mass is 32.2. The maximum Gasteiger partial charge on any atom is 0.416 e. The smallest absolute Gasteiger partial charge is 0.416 e. The van der Waals surface area contributed by atoms with Gasteiger partial charge in [-0.25, -0.2) is 0 Å². The molecule has 7 nitrogen and oxygen atoms in total. The van der Waals surface area contributed by atoms with Gasteiger partial charge in [0.15, 0.2) is 11.5 Å². The molecule has 11 heteroatoms. The minimum absolute atomic E-state index is 0.186. The van der Waals surface area contributed by atoms with E-state index >= 15 is 0 Å². The first-order valence-electron chi connectivity index (χ1n) is 11.2. The van der Waals surface area contributed by atoms with Gasteiger partial charge < -0.3 is 24.4 Å². The van der Waals surface area contributed by atoms with Gasteiger partial charge in [-0.1, -0.05) is 26.0 Å². The summed E-state index contributed by atoms with van der Waals surface area (Å²) in [7, 11) is 4.28. The van der Waals surface area contributed by atoms with Crippen LogP contribution < -0.4 is 19.5 Å². The average molecular weight is 527 g/mol. The Kier molecular flexibility index (Phi) is 8.65. The molecule has 1 fully saturated rings. The lowest BCUT2D eigenvalue weighted by Crippen LogP contribution is -2.48. The molecule has 1 N–H and O–H groups in total. The van der Waals surface area contributed by atoms with Crippen molar-refractivity contribution in [1.82, 2.24) is 10.2 Å². The molecule has 1 heterocycles. The zero-order valence-corrected chi connectivity index (χ0v) is 21.5. The minimum Gasteiger partial charge on any atom is -0.493 e. The summed E-state index contributed by atoms with van der Waals surface area (Å²) in [6.07, 6.45) is -4.48. The van der Waals surface area contributed by atoms with E-state index in [1.165, 1.54) is 62.3 Å². The van der Waals surface area contributed by atoms with Crippen molar-refractivity contribution in [3.8, 4) is 17.2 Å². The molecule has 2 unspecified atom stereocenters. The molecule has 0 aliphatic carbocycles. The van der Waals surface area contributed by atoms with Crippen molar-refractivity contribution < 1.29 is 37.0 Å². The largest absolute Gasteiger partial charge is 0.493 e. The summed E-state index contributed by atoms with van der Waals surface area (Å²) in [5.41, 5.74) is -0.124. The van der Waals surface area contributed by atoms with Gasteiger partial charge in [-0.15, -0.1) is 11.8 Å². The molecule has 196 valence electrons. The third kappa shape index (κ3) is 5.83. The first-order valence-corrected chi connectivity index (χ1v) is 12.3. The Morgan fingerprint density at radius 1 is 1.06 bits per heavy atom. The van der Waals surface area contributed by atoms with Crippen molar-refractivity contribution in [2.24, 2.45) is 5.92 Å². The van der Waals surface area contributed by atoms with E-state index in [1.54, 1.807) is 0 Å². The Hall–Kier alpha value is -3.08. The highest BCUT2D eigenvalue weighted by Crippen LogP contribution is 2.45. The van der Waals surface area contributed by atoms with Gasteiger partial charge in [0.05, 0.1) is 26.9 Å². The average Bonchev–Trinajstić information content (AvgIpc) is 3.30. The van der Waals surface area contributed by atoms with Gasteiger partial charge >= 0.3 is 6.18 Å². The van der Waals surface area contributed by atoms with Crippen LogP contribution in [0.2, 0.25) is 0 Å². The maximum atomic E-state index is 13.8. The number of nitrogens with one attached hydrogen (secondary N) is 1. The molecule has 2 aromatic rings. The summed E-state index contributed by atoms with van der Waals surface area (Å²) in [6, 6.07) is 6.77. The number of carbonyl (C=O) groups excluding carboxylic acids is 2. The van der Waals surface area contributed by atoms with Gasteiger partial charge in [-0.2, -0.15) is 13.2 Å². The van der Waals surface area contributed by atoms with Crippen LogP contribution in [0, 0.1) is 5.92 Å². The van der Waals surface area contributed by atoms with Crippen LogP contribution in [0.4, 0.5) is 13.2 Å². The molecule has 2 amide bonds. The molecule has 36 heavy (non-hydrogen) atoms. The van der Waals surface area contributed by atoms with Crippen LogP contribution >= 0.6 is 11.8 Å². The van der Waals surface area contributed by atoms with Crippen LogP contribution in [-0.4, -0.2) is 56.4 Å². The lowest BCUT2D eigenvalue weighted by Gasteiger charge is -2.30. The zero-order chi connectivity index (χ0) is 26.6. The number of nitrogens with zero attached hydrogens (tertiary/aromatic N) is 1. The highest BCUT2D eigenvalue weighted by molar-refractivity contribution is 7.99. The Morgan fingerprint density at radius 2 is 1.64 bits per heavy atom. The first kappa shape index (κ1) is 27.5. The highest BCUT2D eigenvalue weighted by Gasteiger charge is 2.43. The first-order chi connectivity index (χ1) is 17.0. The predicted octanol–water partition coefficient (Wildman–Crippen LogP) is 4.76. The predicted molar refractivity (Wildman–Crippen MR) is 131 cm³/mol. The number of amides is 2. The third-order valence-corrected chi connectivity index (χ3v) is 6.98. The van der Waals surface area contributed by atoms with E-state index < -0.39 is 29.1 Å². The molecular formula is C25H29F3N2O5S. The van der Waals surface area contributed by atoms with Gasteiger partial charge in [0.25, 0.3) is 5.91 Å². The number of carbonyl (C=O) groups is 2. The Balaban J connectivity index is 2.03. The molecule has 0 radical (unpaired) electrons. The fourth-order valence-corrected chi connectivity index (χ4v) is 5.26. The lowest BCUT2D eigenvalue weighted by molar-refractivity contribution is -0.137. The fourth-order valence-electron chi connectivity index (χ4n) is 3.83. The van der Waals surface area contributed by atoms with Gasteiger partial charge in [0.2, 0.25) is 11.7 Å². The fraction of sp³-hybridized carbons (Fsp3) is 0.440. The molecule has 1 aliphatic rings. The van der Waals surface area contributed by atoms with Crippen LogP contribution in [-0.2, 0) is 11.0 Å². The van der Waals surface area contributed by atoms with E-state index in [-0.39, 0.29) is 34.6 Å². The van der Waals surface area contributed by atoms with Crippen molar-refractivity contribution in [2.45, 2.75) is 31.4 Å². The number of methoxy groups -OCH3 is 3. The van der Waals surface area contributed by atoms with E-state index in [0.29, 0.717) is 17.9 Å². The molecule has 0 saturated carbocycles. The molecule has 3 rings (SSSR count). The maximum absolute atomic E-state index is 13.8. The van der Waals surface area contributed by atoms with E-state index in [4.69, 9.17) is 14.2 Å². The van der Waals surface area contributed by atoms with E-state index in [2.05, 4.69) is 5.32 Å². The molecule has 2 aromatic carbocycles. The number of hydrogen-bond acceptors (Lipinski definition) is 6. The quantitative estimate of drug-likeness (QED) is 0.535. The zero-order valence-electron chi connectivity index (χ0n) is 20.6. The summed E-state index contributed by atoms with van der Waals surface area (Å²) in [6.45, 7) is 4.33. The SMILES string of the molecule is COc1cc(C(=O)N2C(C(=O)NCC(C)C)CSC2c2ccc(C(F)(F)F)cc2)cc(OC)c1OC. The molecular weight excluding hydrogens is 497 g/mol. The molecule has 0 aromatic heterocycles. The van der Waals surface area contributed by atoms with Gasteiger partial charge in [-0.05, 0) is 35.7 Å². The topological polar surface area (TPSA) is 77.1 Å². The number of hydrogen-bond donors (Lipinski definition) is 1. The van der Waals surface area contributed by atoms with E-state index in [1.807, 2.05) is 13.8 Å². The second-order valence-corrected chi connectivity index (χ2v) is 9.70. The van der Waals surface area contributed by atoms with Gasteiger partial charge in [0, 0.05) is 17.9 Å². The number of rotatable bonds is 8. The molecule has 1 saturated heterocycles. The number of ether oxygens (including phenoxy) is 3. The Labute approximate surface area is 212 Å². The number of alkyl halides is 3. The van der Waals surface area contributed by atoms with Crippen molar-refractivity contribution in [3.05, 3.63) is 53.1 Å². The summed E-state index contributed by atoms with van der Waals surface area (Å²) < 4.78 is 55.3.